The van der Waals surface area contributed by atoms with E-state index in [1.54, 1.807) is 4.68 Å². The Labute approximate surface area is 128 Å². The average molecular weight is 301 g/mol. The molecular weight excluding hydrogens is 282 g/mol. The lowest BCUT2D eigenvalue weighted by atomic mass is 9.92. The predicted octanol–water partition coefficient (Wildman–Crippen LogP) is 1.60. The van der Waals surface area contributed by atoms with Crippen molar-refractivity contribution in [3.8, 4) is 5.69 Å². The smallest absolute Gasteiger partial charge is 0.308 e. The van der Waals surface area contributed by atoms with E-state index in [0.717, 1.165) is 18.5 Å². The molecule has 1 aliphatic rings. The van der Waals surface area contributed by atoms with Crippen molar-refractivity contribution in [2.75, 3.05) is 18.0 Å². The van der Waals surface area contributed by atoms with Gasteiger partial charge in [-0.25, -0.2) is 0 Å². The van der Waals surface area contributed by atoms with Crippen molar-refractivity contribution in [2.45, 2.75) is 19.8 Å². The fourth-order valence-electron chi connectivity index (χ4n) is 3.09. The number of hydrogen-bond acceptors (Lipinski definition) is 5. The molecule has 0 saturated carbocycles. The number of carboxylic acid groups (broad SMARTS) is 1. The molecule has 2 heterocycles. The van der Waals surface area contributed by atoms with Gasteiger partial charge in [0.25, 0.3) is 0 Å². The Kier molecular flexibility index (Phi) is 4.04. The van der Waals surface area contributed by atoms with Crippen LogP contribution >= 0.6 is 0 Å². The van der Waals surface area contributed by atoms with Crippen molar-refractivity contribution < 1.29 is 9.90 Å². The van der Waals surface area contributed by atoms with Crippen LogP contribution in [-0.4, -0.2) is 44.4 Å². The Morgan fingerprint density at radius 3 is 2.77 bits per heavy atom. The molecule has 1 fully saturated rings. The molecule has 1 N–H and O–H groups in total. The minimum Gasteiger partial charge on any atom is -0.481 e. The Balaban J connectivity index is 1.87. The molecule has 3 rings (SSSR count). The Morgan fingerprint density at radius 1 is 1.32 bits per heavy atom. The van der Waals surface area contributed by atoms with E-state index in [1.807, 2.05) is 35.2 Å². The SMILES string of the molecule is CCCC1CN(c2nnnn2-c2ccccc2)CC1C(=O)O. The topological polar surface area (TPSA) is 84.1 Å². The van der Waals surface area contributed by atoms with Crippen LogP contribution in [0.3, 0.4) is 0 Å². The van der Waals surface area contributed by atoms with E-state index in [9.17, 15) is 9.90 Å². The van der Waals surface area contributed by atoms with Gasteiger partial charge in [-0.3, -0.25) is 4.79 Å². The molecule has 1 aromatic heterocycles. The summed E-state index contributed by atoms with van der Waals surface area (Å²) in [4.78, 5) is 13.5. The summed E-state index contributed by atoms with van der Waals surface area (Å²) in [6, 6.07) is 9.62. The molecule has 2 unspecified atom stereocenters. The quantitative estimate of drug-likeness (QED) is 0.903. The maximum Gasteiger partial charge on any atom is 0.308 e. The third-order valence-corrected chi connectivity index (χ3v) is 4.15. The molecule has 0 bridgehead atoms. The first-order valence-electron chi connectivity index (χ1n) is 7.52. The summed E-state index contributed by atoms with van der Waals surface area (Å²) in [7, 11) is 0. The molecule has 2 atom stereocenters. The standard InChI is InChI=1S/C15H19N5O2/c1-2-6-11-9-19(10-13(11)14(21)22)15-16-17-18-20(15)12-7-4-3-5-8-12/h3-5,7-8,11,13H,2,6,9-10H2,1H3,(H,21,22). The minimum absolute atomic E-state index is 0.142. The van der Waals surface area contributed by atoms with Crippen molar-refractivity contribution in [1.82, 2.24) is 20.2 Å². The van der Waals surface area contributed by atoms with Crippen LogP contribution in [0.25, 0.3) is 5.69 Å². The normalized spacial score (nSPS) is 21.2. The van der Waals surface area contributed by atoms with Gasteiger partial charge < -0.3 is 10.0 Å². The molecule has 0 aliphatic carbocycles. The Hall–Kier alpha value is -2.44. The zero-order valence-corrected chi connectivity index (χ0v) is 12.5. The third-order valence-electron chi connectivity index (χ3n) is 4.15. The molecule has 0 radical (unpaired) electrons. The second-order valence-corrected chi connectivity index (χ2v) is 5.62. The summed E-state index contributed by atoms with van der Waals surface area (Å²) in [5, 5.41) is 21.3. The fourth-order valence-corrected chi connectivity index (χ4v) is 3.09. The summed E-state index contributed by atoms with van der Waals surface area (Å²) < 4.78 is 1.66. The first-order chi connectivity index (χ1) is 10.7. The molecule has 1 saturated heterocycles. The van der Waals surface area contributed by atoms with Crippen LogP contribution in [0.15, 0.2) is 30.3 Å². The lowest BCUT2D eigenvalue weighted by Gasteiger charge is -2.16. The van der Waals surface area contributed by atoms with Crippen LogP contribution in [0, 0.1) is 11.8 Å². The van der Waals surface area contributed by atoms with Gasteiger partial charge in [-0.1, -0.05) is 36.6 Å². The number of carboxylic acids is 1. The number of benzene rings is 1. The average Bonchev–Trinajstić information content (AvgIpc) is 3.14. The third kappa shape index (κ3) is 2.66. The van der Waals surface area contributed by atoms with E-state index in [1.165, 1.54) is 0 Å². The van der Waals surface area contributed by atoms with Gasteiger partial charge in [-0.05, 0) is 34.9 Å². The molecule has 1 aliphatic heterocycles. The Bertz CT molecular complexity index is 642. The zero-order valence-electron chi connectivity index (χ0n) is 12.5. The Morgan fingerprint density at radius 2 is 2.09 bits per heavy atom. The molecule has 0 amide bonds. The number of carbonyl (C=O) groups is 1. The molecule has 22 heavy (non-hydrogen) atoms. The highest BCUT2D eigenvalue weighted by Gasteiger charge is 2.38. The number of tetrazole rings is 1. The highest BCUT2D eigenvalue weighted by molar-refractivity contribution is 5.72. The van der Waals surface area contributed by atoms with Gasteiger partial charge in [0.05, 0.1) is 11.6 Å². The molecule has 7 nitrogen and oxygen atoms in total. The number of aromatic nitrogens is 4. The van der Waals surface area contributed by atoms with Crippen molar-refractivity contribution in [3.63, 3.8) is 0 Å². The number of nitrogens with zero attached hydrogens (tertiary/aromatic N) is 5. The van der Waals surface area contributed by atoms with E-state index in [2.05, 4.69) is 22.4 Å². The van der Waals surface area contributed by atoms with E-state index in [-0.39, 0.29) is 11.8 Å². The summed E-state index contributed by atoms with van der Waals surface area (Å²) in [6.45, 7) is 3.21. The van der Waals surface area contributed by atoms with Crippen LogP contribution in [-0.2, 0) is 4.79 Å². The second-order valence-electron chi connectivity index (χ2n) is 5.62. The number of para-hydroxylation sites is 1. The minimum atomic E-state index is -0.736. The summed E-state index contributed by atoms with van der Waals surface area (Å²) in [6.07, 6.45) is 1.88. The van der Waals surface area contributed by atoms with Crippen LogP contribution < -0.4 is 4.90 Å². The fraction of sp³-hybridized carbons (Fsp3) is 0.467. The molecular formula is C15H19N5O2. The number of aliphatic carboxylic acids is 1. The maximum atomic E-state index is 11.5. The molecule has 116 valence electrons. The first kappa shape index (κ1) is 14.5. The molecule has 1 aromatic carbocycles. The first-order valence-corrected chi connectivity index (χ1v) is 7.52. The van der Waals surface area contributed by atoms with Crippen molar-refractivity contribution in [3.05, 3.63) is 30.3 Å². The van der Waals surface area contributed by atoms with Crippen LogP contribution in [0.1, 0.15) is 19.8 Å². The van der Waals surface area contributed by atoms with Gasteiger partial charge in [0.2, 0.25) is 5.95 Å². The van der Waals surface area contributed by atoms with E-state index in [4.69, 9.17) is 0 Å². The van der Waals surface area contributed by atoms with Gasteiger partial charge in [-0.2, -0.15) is 4.68 Å². The van der Waals surface area contributed by atoms with Crippen LogP contribution in [0.4, 0.5) is 5.95 Å². The monoisotopic (exact) mass is 301 g/mol. The van der Waals surface area contributed by atoms with Gasteiger partial charge in [-0.15, -0.1) is 0 Å². The number of hydrogen-bond donors (Lipinski definition) is 1. The van der Waals surface area contributed by atoms with Crippen LogP contribution in [0.5, 0.6) is 0 Å². The van der Waals surface area contributed by atoms with Crippen molar-refractivity contribution in [1.29, 1.82) is 0 Å². The number of anilines is 1. The molecule has 0 spiro atoms. The summed E-state index contributed by atoms with van der Waals surface area (Å²) in [5.74, 6) is -0.347. The zero-order chi connectivity index (χ0) is 15.5. The van der Waals surface area contributed by atoms with Gasteiger partial charge in [0.1, 0.15) is 0 Å². The lowest BCUT2D eigenvalue weighted by Crippen LogP contribution is -2.25. The van der Waals surface area contributed by atoms with Crippen molar-refractivity contribution in [2.24, 2.45) is 11.8 Å². The maximum absolute atomic E-state index is 11.5. The van der Waals surface area contributed by atoms with Gasteiger partial charge in [0.15, 0.2) is 0 Å². The van der Waals surface area contributed by atoms with Crippen LogP contribution in [0.2, 0.25) is 0 Å². The highest BCUT2D eigenvalue weighted by atomic mass is 16.4. The van der Waals surface area contributed by atoms with E-state index in [0.29, 0.717) is 19.0 Å². The predicted molar refractivity (Wildman–Crippen MR) is 80.9 cm³/mol. The van der Waals surface area contributed by atoms with E-state index >= 15 is 0 Å². The largest absolute Gasteiger partial charge is 0.481 e. The van der Waals surface area contributed by atoms with E-state index < -0.39 is 5.97 Å². The second kappa shape index (κ2) is 6.13. The van der Waals surface area contributed by atoms with Gasteiger partial charge >= 0.3 is 5.97 Å². The lowest BCUT2D eigenvalue weighted by molar-refractivity contribution is -0.142. The molecule has 2 aromatic rings. The summed E-state index contributed by atoms with van der Waals surface area (Å²) >= 11 is 0. The molecule has 7 heteroatoms. The van der Waals surface area contributed by atoms with Crippen molar-refractivity contribution >= 4 is 11.9 Å². The van der Waals surface area contributed by atoms with Gasteiger partial charge in [0, 0.05) is 13.1 Å². The number of rotatable bonds is 5. The summed E-state index contributed by atoms with van der Waals surface area (Å²) in [5.41, 5.74) is 0.869. The highest BCUT2D eigenvalue weighted by Crippen LogP contribution is 2.30.